The number of anilines is 2. The van der Waals surface area contributed by atoms with Crippen LogP contribution in [0.1, 0.15) is 29.9 Å². The molecule has 1 aromatic heterocycles. The van der Waals surface area contributed by atoms with Gasteiger partial charge < -0.3 is 65.5 Å². The second-order valence-electron chi connectivity index (χ2n) is 16.7. The van der Waals surface area contributed by atoms with Crippen molar-refractivity contribution in [3.63, 3.8) is 0 Å². The molecule has 7 atom stereocenters. The summed E-state index contributed by atoms with van der Waals surface area (Å²) in [4.78, 5) is 40.3. The van der Waals surface area contributed by atoms with E-state index < -0.39 is 71.1 Å². The number of ether oxygens (including phenoxy) is 4. The van der Waals surface area contributed by atoms with E-state index in [1.807, 2.05) is 43.3 Å². The first kappa shape index (κ1) is 53.8. The highest BCUT2D eigenvalue weighted by atomic mass is 32.2. The topological polar surface area (TPSA) is 330 Å². The molecule has 9 N–H and O–H groups in total. The third-order valence-corrected chi connectivity index (χ3v) is 12.0. The second-order valence-corrected chi connectivity index (χ2v) is 18.0. The molecule has 6 rings (SSSR count). The molecular weight excluding hydrogens is 949 g/mol. The van der Waals surface area contributed by atoms with E-state index >= 15 is 0 Å². The zero-order chi connectivity index (χ0) is 51.3. The Bertz CT molecular complexity index is 2720. The normalized spacial score (nSPS) is 19.5. The maximum absolute atomic E-state index is 13.6. The number of benzene rings is 4. The van der Waals surface area contributed by atoms with Crippen molar-refractivity contribution in [1.29, 1.82) is 0 Å². The fourth-order valence-corrected chi connectivity index (χ4v) is 7.96. The molecule has 0 spiro atoms. The molecule has 71 heavy (non-hydrogen) atoms. The molecule has 1 aliphatic rings. The lowest BCUT2D eigenvalue weighted by Gasteiger charge is -2.44. The highest BCUT2D eigenvalue weighted by Gasteiger charge is 2.50. The number of rotatable bonds is 24. The van der Waals surface area contributed by atoms with Gasteiger partial charge >= 0.3 is 0 Å². The van der Waals surface area contributed by atoms with Gasteiger partial charge in [0.15, 0.2) is 18.2 Å². The first-order chi connectivity index (χ1) is 33.8. The average molecular weight is 1010 g/mol. The van der Waals surface area contributed by atoms with Crippen LogP contribution < -0.4 is 26.2 Å². The van der Waals surface area contributed by atoms with Gasteiger partial charge in [0.2, 0.25) is 5.91 Å². The number of hydrogen-bond acceptors (Lipinski definition) is 19. The number of nitrogens with one attached hydrogen (secondary N) is 4. The number of aliphatic hydroxyl groups is 4. The molecule has 1 aliphatic heterocycles. The van der Waals surface area contributed by atoms with E-state index in [2.05, 4.69) is 41.8 Å². The minimum absolute atomic E-state index is 0.0790. The fourth-order valence-electron chi connectivity index (χ4n) is 7.25. The maximum Gasteiger partial charge on any atom is 0.295 e. The molecule has 0 bridgehead atoms. The highest BCUT2D eigenvalue weighted by molar-refractivity contribution is 7.86. The van der Waals surface area contributed by atoms with Crippen LogP contribution >= 0.6 is 0 Å². The van der Waals surface area contributed by atoms with Gasteiger partial charge in [0.1, 0.15) is 34.9 Å². The van der Waals surface area contributed by atoms with Crippen LogP contribution in [-0.4, -0.2) is 162 Å². The minimum Gasteiger partial charge on any atom is -0.394 e. The molecule has 25 heteroatoms. The van der Waals surface area contributed by atoms with Gasteiger partial charge in [0, 0.05) is 61.8 Å². The van der Waals surface area contributed by atoms with E-state index in [0.717, 1.165) is 19.5 Å². The van der Waals surface area contributed by atoms with Crippen molar-refractivity contribution in [3.05, 3.63) is 102 Å². The summed E-state index contributed by atoms with van der Waals surface area (Å²) in [5.74, 6) is -1.96. The van der Waals surface area contributed by atoms with Gasteiger partial charge in [-0.05, 0) is 67.6 Å². The van der Waals surface area contributed by atoms with Crippen LogP contribution in [0.2, 0.25) is 0 Å². The largest absolute Gasteiger partial charge is 0.394 e. The molecule has 1 unspecified atom stereocenters. The Labute approximate surface area is 408 Å². The monoisotopic (exact) mass is 1010 g/mol. The van der Waals surface area contributed by atoms with Crippen molar-refractivity contribution < 1.29 is 66.7 Å². The summed E-state index contributed by atoms with van der Waals surface area (Å²) in [5, 5.41) is 71.2. The standard InChI is InChI=1S/C46H58N10O14S/c1-28(58)50-39-41(60)40(59)37(27-57)69-43(39)70-45(46(2,63)44(62)48-20-19-47-36-9-5-8-35-34(36)7-6-10-38(35)71(64,65)66)68-24-23-67-22-21-56-26-32(53-54-56)25-49-42(61)29-11-13-30(14-12-29)51-52-31-15-17-33(18-16-31)55(3)4/h5-18,26,37,39-41,43,45,47,57,59-60,63H,19-25,27H2,1-4H3,(H,48,62)(H,49,61)(H,50,58)(H,64,65,66)/t37-,39-,40-,41-,43+,45-,46?/m1/s1. The summed E-state index contributed by atoms with van der Waals surface area (Å²) in [7, 11) is -0.611. The number of fused-ring (bicyclic) bond motifs is 1. The van der Waals surface area contributed by atoms with Gasteiger partial charge in [0.25, 0.3) is 21.9 Å². The molecule has 0 saturated carbocycles. The predicted molar refractivity (Wildman–Crippen MR) is 255 cm³/mol. The van der Waals surface area contributed by atoms with Gasteiger partial charge in [0.05, 0.1) is 57.1 Å². The van der Waals surface area contributed by atoms with E-state index in [9.17, 15) is 47.8 Å². The fraction of sp³-hybridized carbons (Fsp3) is 0.413. The summed E-state index contributed by atoms with van der Waals surface area (Å²) in [6, 6.07) is 22.0. The Balaban J connectivity index is 1.00. The number of carbonyl (C=O) groups is 3. The summed E-state index contributed by atoms with van der Waals surface area (Å²) in [5.41, 5.74) is 1.20. The third kappa shape index (κ3) is 14.5. The number of amides is 3. The Kier molecular flexibility index (Phi) is 18.6. The van der Waals surface area contributed by atoms with Crippen LogP contribution in [0.5, 0.6) is 0 Å². The average Bonchev–Trinajstić information content (AvgIpc) is 3.81. The number of azo groups is 1. The van der Waals surface area contributed by atoms with Crippen LogP contribution in [0.3, 0.4) is 0 Å². The number of hydrogen-bond donors (Lipinski definition) is 9. The lowest BCUT2D eigenvalue weighted by molar-refractivity contribution is -0.336. The lowest BCUT2D eigenvalue weighted by Crippen LogP contribution is -2.66. The van der Waals surface area contributed by atoms with Crippen molar-refractivity contribution in [2.45, 2.75) is 74.4 Å². The Morgan fingerprint density at radius 2 is 1.58 bits per heavy atom. The SMILES string of the molecule is CC(=O)N[C@H]1[C@H](O[C@@H](OCCOCCn2cc(CNC(=O)c3ccc(N=Nc4ccc(N(C)C)cc4)cc3)nn2)C(C)(O)C(=O)NCCNc2cccc3c(S(=O)(=O)O)cccc23)O[C@H](CO)[C@@H](O)[C@@H]1O. The molecule has 382 valence electrons. The molecule has 2 heterocycles. The van der Waals surface area contributed by atoms with Gasteiger partial charge in [-0.2, -0.15) is 18.6 Å². The molecule has 4 aromatic carbocycles. The van der Waals surface area contributed by atoms with Gasteiger partial charge in [-0.15, -0.1) is 5.10 Å². The van der Waals surface area contributed by atoms with Gasteiger partial charge in [-0.3, -0.25) is 18.9 Å². The summed E-state index contributed by atoms with van der Waals surface area (Å²) in [6.07, 6.45) is -6.64. The minimum atomic E-state index is -4.51. The van der Waals surface area contributed by atoms with Crippen LogP contribution in [0.4, 0.5) is 22.7 Å². The van der Waals surface area contributed by atoms with E-state index in [-0.39, 0.29) is 62.2 Å². The Hall–Kier alpha value is -6.52. The highest BCUT2D eigenvalue weighted by Crippen LogP contribution is 2.30. The molecule has 1 saturated heterocycles. The van der Waals surface area contributed by atoms with E-state index in [0.29, 0.717) is 33.7 Å². The second kappa shape index (κ2) is 24.5. The molecule has 0 aliphatic carbocycles. The van der Waals surface area contributed by atoms with E-state index in [1.165, 1.54) is 22.9 Å². The number of nitrogens with zero attached hydrogens (tertiary/aromatic N) is 6. The van der Waals surface area contributed by atoms with E-state index in [4.69, 9.17) is 18.9 Å². The summed E-state index contributed by atoms with van der Waals surface area (Å²) in [6.45, 7) is 1.52. The Morgan fingerprint density at radius 1 is 0.901 bits per heavy atom. The number of carbonyl (C=O) groups excluding carboxylic acids is 3. The summed E-state index contributed by atoms with van der Waals surface area (Å²) < 4.78 is 58.2. The molecule has 5 aromatic rings. The van der Waals surface area contributed by atoms with Crippen LogP contribution in [0.15, 0.2) is 106 Å². The van der Waals surface area contributed by atoms with Crippen LogP contribution in [0.25, 0.3) is 10.8 Å². The molecule has 24 nitrogen and oxygen atoms in total. The Morgan fingerprint density at radius 3 is 2.24 bits per heavy atom. The molecule has 0 radical (unpaired) electrons. The molecular formula is C46H58N10O14S. The van der Waals surface area contributed by atoms with Crippen molar-refractivity contribution in [3.8, 4) is 0 Å². The van der Waals surface area contributed by atoms with Crippen molar-refractivity contribution in [2.75, 3.05) is 63.8 Å². The zero-order valence-electron chi connectivity index (χ0n) is 39.3. The maximum atomic E-state index is 13.6. The predicted octanol–water partition coefficient (Wildman–Crippen LogP) is 1.39. The lowest BCUT2D eigenvalue weighted by atomic mass is 9.96. The summed E-state index contributed by atoms with van der Waals surface area (Å²) >= 11 is 0. The van der Waals surface area contributed by atoms with E-state index in [1.54, 1.807) is 48.7 Å². The third-order valence-electron chi connectivity index (χ3n) is 11.1. The van der Waals surface area contributed by atoms with Crippen LogP contribution in [0, 0.1) is 0 Å². The quantitative estimate of drug-likeness (QED) is 0.0183. The molecule has 1 fully saturated rings. The number of aromatic nitrogens is 3. The van der Waals surface area contributed by atoms with Gasteiger partial charge in [-0.1, -0.05) is 29.5 Å². The first-order valence-electron chi connectivity index (χ1n) is 22.3. The van der Waals surface area contributed by atoms with Crippen molar-refractivity contribution in [2.24, 2.45) is 10.2 Å². The number of aliphatic hydroxyl groups excluding tert-OH is 3. The first-order valence-corrected chi connectivity index (χ1v) is 23.7. The van der Waals surface area contributed by atoms with Crippen LogP contribution in [-0.2, 0) is 51.7 Å². The van der Waals surface area contributed by atoms with Crippen molar-refractivity contribution in [1.82, 2.24) is 30.9 Å². The van der Waals surface area contributed by atoms with Crippen molar-refractivity contribution >= 4 is 61.4 Å². The molecule has 3 amide bonds. The zero-order valence-corrected chi connectivity index (χ0v) is 40.1. The van der Waals surface area contributed by atoms with Gasteiger partial charge in [-0.25, -0.2) is 4.68 Å². The smallest absolute Gasteiger partial charge is 0.295 e.